The molecule has 4 N–H and O–H groups in total. The molecule has 0 radical (unpaired) electrons. The Bertz CT molecular complexity index is 1000. The van der Waals surface area contributed by atoms with Gasteiger partial charge in [-0.25, -0.2) is 0 Å². The molecule has 0 heterocycles. The molecule has 3 amide bonds. The monoisotopic (exact) mass is 438 g/mol. The van der Waals surface area contributed by atoms with Crippen LogP contribution in [0.3, 0.4) is 0 Å². The van der Waals surface area contributed by atoms with Gasteiger partial charge in [-0.05, 0) is 67.9 Å². The third kappa shape index (κ3) is 8.79. The summed E-state index contributed by atoms with van der Waals surface area (Å²) in [6, 6.07) is 13.3. The normalized spacial score (nSPS) is 10.4. The summed E-state index contributed by atoms with van der Waals surface area (Å²) in [5.41, 5.74) is 9.71. The minimum Gasteiger partial charge on any atom is -0.326 e. The lowest BCUT2D eigenvalue weighted by Crippen LogP contribution is -2.48. The van der Waals surface area contributed by atoms with Crippen LogP contribution in [0.2, 0.25) is 0 Å². The molecule has 31 heavy (non-hydrogen) atoms. The molecule has 0 aliphatic carbocycles. The Balaban J connectivity index is 1.67. The first-order chi connectivity index (χ1) is 14.7. The Labute approximate surface area is 187 Å². The van der Waals surface area contributed by atoms with Crippen LogP contribution in [-0.2, 0) is 14.4 Å². The third-order valence-electron chi connectivity index (χ3n) is 4.43. The van der Waals surface area contributed by atoms with Crippen molar-refractivity contribution in [3.05, 3.63) is 70.8 Å². The zero-order valence-electron chi connectivity index (χ0n) is 17.7. The van der Waals surface area contributed by atoms with Gasteiger partial charge in [0.25, 0.3) is 0 Å². The molecule has 0 aromatic heterocycles. The summed E-state index contributed by atoms with van der Waals surface area (Å²) in [5, 5.41) is 5.13. The Morgan fingerprint density at radius 3 is 2.23 bits per heavy atom. The van der Waals surface area contributed by atoms with E-state index in [1.807, 2.05) is 63.2 Å². The second kappa shape index (κ2) is 11.6. The number of rotatable bonds is 6. The number of thiocarbonyl (C=S) groups is 1. The molecule has 0 fully saturated rings. The third-order valence-corrected chi connectivity index (χ3v) is 4.63. The van der Waals surface area contributed by atoms with Crippen LogP contribution in [0.5, 0.6) is 0 Å². The molecule has 7 nitrogen and oxygen atoms in total. The van der Waals surface area contributed by atoms with Gasteiger partial charge in [-0.2, -0.15) is 0 Å². The lowest BCUT2D eigenvalue weighted by atomic mass is 10.1. The van der Waals surface area contributed by atoms with Crippen molar-refractivity contribution in [1.82, 2.24) is 16.2 Å². The van der Waals surface area contributed by atoms with Gasteiger partial charge in [0.2, 0.25) is 17.7 Å². The molecule has 0 saturated carbocycles. The number of carbonyl (C=O) groups excluding carboxylic acids is 3. The number of hydrogen-bond acceptors (Lipinski definition) is 4. The first-order valence-corrected chi connectivity index (χ1v) is 10.2. The van der Waals surface area contributed by atoms with Crippen LogP contribution < -0.4 is 21.5 Å². The Morgan fingerprint density at radius 2 is 1.55 bits per heavy atom. The standard InChI is InChI=1S/C23H26N4O3S/c1-15-4-7-18(8-5-15)9-11-21(29)25-23(31)27-26-22(30)13-12-20(28)24-19-10-6-16(2)17(3)14-19/h4-11,14H,12-13H2,1-3H3,(H,24,28)(H,26,30)(H2,25,27,29,31). The van der Waals surface area contributed by atoms with Crippen molar-refractivity contribution >= 4 is 46.8 Å². The average Bonchev–Trinajstić information content (AvgIpc) is 2.73. The van der Waals surface area contributed by atoms with Crippen LogP contribution in [0.1, 0.15) is 35.1 Å². The maximum Gasteiger partial charge on any atom is 0.250 e. The van der Waals surface area contributed by atoms with Gasteiger partial charge < -0.3 is 5.32 Å². The lowest BCUT2D eigenvalue weighted by molar-refractivity contribution is -0.124. The molecule has 2 aromatic rings. The maximum atomic E-state index is 12.0. The zero-order chi connectivity index (χ0) is 22.8. The van der Waals surface area contributed by atoms with Crippen molar-refractivity contribution < 1.29 is 14.4 Å². The summed E-state index contributed by atoms with van der Waals surface area (Å²) >= 11 is 4.97. The van der Waals surface area contributed by atoms with E-state index in [0.717, 1.165) is 22.3 Å². The number of amides is 3. The summed E-state index contributed by atoms with van der Waals surface area (Å²) in [6.45, 7) is 5.94. The van der Waals surface area contributed by atoms with Gasteiger partial charge in [0, 0.05) is 24.6 Å². The summed E-state index contributed by atoms with van der Waals surface area (Å²) in [4.78, 5) is 35.8. The topological polar surface area (TPSA) is 99.3 Å². The van der Waals surface area contributed by atoms with E-state index in [2.05, 4.69) is 21.5 Å². The predicted octanol–water partition coefficient (Wildman–Crippen LogP) is 3.07. The molecule has 8 heteroatoms. The fourth-order valence-corrected chi connectivity index (χ4v) is 2.64. The molecular formula is C23H26N4O3S. The van der Waals surface area contributed by atoms with E-state index in [4.69, 9.17) is 12.2 Å². The fourth-order valence-electron chi connectivity index (χ4n) is 2.49. The van der Waals surface area contributed by atoms with E-state index in [-0.39, 0.29) is 23.9 Å². The number of carbonyl (C=O) groups is 3. The van der Waals surface area contributed by atoms with Crippen molar-refractivity contribution in [2.75, 3.05) is 5.32 Å². The number of benzene rings is 2. The molecule has 0 atom stereocenters. The molecule has 0 spiro atoms. The van der Waals surface area contributed by atoms with E-state index < -0.39 is 11.8 Å². The van der Waals surface area contributed by atoms with E-state index in [1.165, 1.54) is 6.08 Å². The zero-order valence-corrected chi connectivity index (χ0v) is 18.6. The van der Waals surface area contributed by atoms with E-state index >= 15 is 0 Å². The number of hydrazine groups is 1. The Kier molecular flexibility index (Phi) is 8.90. The SMILES string of the molecule is Cc1ccc(C=CC(=O)NC(=S)NNC(=O)CCC(=O)Nc2ccc(C)c(C)c2)cc1. The maximum absolute atomic E-state index is 12.0. The predicted molar refractivity (Wildman–Crippen MR) is 126 cm³/mol. The lowest BCUT2D eigenvalue weighted by Gasteiger charge is -2.10. The van der Waals surface area contributed by atoms with Crippen LogP contribution in [0.4, 0.5) is 5.69 Å². The van der Waals surface area contributed by atoms with Gasteiger partial charge in [0.15, 0.2) is 5.11 Å². The second-order valence-corrected chi connectivity index (χ2v) is 7.49. The van der Waals surface area contributed by atoms with Gasteiger partial charge >= 0.3 is 0 Å². The van der Waals surface area contributed by atoms with Crippen molar-refractivity contribution in [1.29, 1.82) is 0 Å². The minimum atomic E-state index is -0.430. The van der Waals surface area contributed by atoms with Crippen molar-refractivity contribution in [3.63, 3.8) is 0 Å². The average molecular weight is 439 g/mol. The fraction of sp³-hybridized carbons (Fsp3) is 0.217. The van der Waals surface area contributed by atoms with Crippen molar-refractivity contribution in [2.24, 2.45) is 0 Å². The first kappa shape index (κ1) is 23.8. The summed E-state index contributed by atoms with van der Waals surface area (Å²) in [7, 11) is 0. The van der Waals surface area contributed by atoms with Gasteiger partial charge in [0.1, 0.15) is 0 Å². The molecule has 0 aliphatic rings. The Hall–Kier alpha value is -3.52. The van der Waals surface area contributed by atoms with Gasteiger partial charge in [0.05, 0.1) is 0 Å². The van der Waals surface area contributed by atoms with Gasteiger partial charge in [-0.3, -0.25) is 30.6 Å². The van der Waals surface area contributed by atoms with Crippen molar-refractivity contribution in [3.8, 4) is 0 Å². The van der Waals surface area contributed by atoms with Crippen LogP contribution in [0.15, 0.2) is 48.5 Å². The van der Waals surface area contributed by atoms with Gasteiger partial charge in [-0.15, -0.1) is 0 Å². The molecule has 0 saturated heterocycles. The number of nitrogens with one attached hydrogen (secondary N) is 4. The minimum absolute atomic E-state index is 0.0127. The quantitative estimate of drug-likeness (QED) is 0.316. The highest BCUT2D eigenvalue weighted by Gasteiger charge is 2.09. The summed E-state index contributed by atoms with van der Waals surface area (Å²) in [6.07, 6.45) is 2.98. The highest BCUT2D eigenvalue weighted by molar-refractivity contribution is 7.80. The van der Waals surface area contributed by atoms with E-state index in [0.29, 0.717) is 5.69 Å². The second-order valence-electron chi connectivity index (χ2n) is 7.08. The smallest absolute Gasteiger partial charge is 0.250 e. The van der Waals surface area contributed by atoms with E-state index in [1.54, 1.807) is 6.08 Å². The van der Waals surface area contributed by atoms with E-state index in [9.17, 15) is 14.4 Å². The first-order valence-electron chi connectivity index (χ1n) is 9.74. The number of anilines is 1. The summed E-state index contributed by atoms with van der Waals surface area (Å²) in [5.74, 6) is -1.13. The molecule has 0 bridgehead atoms. The molecule has 0 unspecified atom stereocenters. The molecule has 162 valence electrons. The molecule has 2 rings (SSSR count). The van der Waals surface area contributed by atoms with Crippen LogP contribution >= 0.6 is 12.2 Å². The van der Waals surface area contributed by atoms with Crippen LogP contribution in [0.25, 0.3) is 6.08 Å². The number of aryl methyl sites for hydroxylation is 3. The molecular weight excluding hydrogens is 412 g/mol. The number of hydrogen-bond donors (Lipinski definition) is 4. The Morgan fingerprint density at radius 1 is 0.871 bits per heavy atom. The van der Waals surface area contributed by atoms with Crippen molar-refractivity contribution in [2.45, 2.75) is 33.6 Å². The van der Waals surface area contributed by atoms with Gasteiger partial charge in [-0.1, -0.05) is 35.9 Å². The highest BCUT2D eigenvalue weighted by atomic mass is 32.1. The highest BCUT2D eigenvalue weighted by Crippen LogP contribution is 2.14. The van der Waals surface area contributed by atoms with Crippen LogP contribution in [-0.4, -0.2) is 22.8 Å². The van der Waals surface area contributed by atoms with Crippen LogP contribution in [0, 0.1) is 20.8 Å². The largest absolute Gasteiger partial charge is 0.326 e. The molecule has 0 aliphatic heterocycles. The molecule has 2 aromatic carbocycles. The summed E-state index contributed by atoms with van der Waals surface area (Å²) < 4.78 is 0.